The number of pyridine rings is 1. The molecule has 0 aliphatic carbocycles. The predicted octanol–water partition coefficient (Wildman–Crippen LogP) is 5.64. The van der Waals surface area contributed by atoms with Gasteiger partial charge < -0.3 is 15.1 Å². The summed E-state index contributed by atoms with van der Waals surface area (Å²) >= 11 is 0. The van der Waals surface area contributed by atoms with E-state index >= 15 is 0 Å². The lowest BCUT2D eigenvalue weighted by atomic mass is 10.1. The summed E-state index contributed by atoms with van der Waals surface area (Å²) in [7, 11) is 3.96. The van der Waals surface area contributed by atoms with E-state index in [1.54, 1.807) is 30.5 Å². The lowest BCUT2D eigenvalue weighted by molar-refractivity contribution is 0.0993. The zero-order chi connectivity index (χ0) is 28.5. The van der Waals surface area contributed by atoms with Gasteiger partial charge in [-0.05, 0) is 67.6 Å². The van der Waals surface area contributed by atoms with E-state index in [0.717, 1.165) is 60.9 Å². The Bertz CT molecular complexity index is 1380. The molecule has 0 atom stereocenters. The predicted molar refractivity (Wildman–Crippen MR) is 163 cm³/mol. The zero-order valence-corrected chi connectivity index (χ0v) is 24.1. The molecule has 1 N–H and O–H groups in total. The summed E-state index contributed by atoms with van der Waals surface area (Å²) in [5.41, 5.74) is 6.25. The standard InChI is InChI=1S/C30H33N7O.C2H6/c1-22-6-11-26(19-28(22)34-30-32-14-12-27(33-30)25-5-4-13-31-20-25)36(3)29(38)24-9-7-23(8-10-24)21-37-17-15-35(2)16-18-37;1-2/h4-14,19-20H,15-18,21H2,1-3H3,(H,32,33,34);1-2H3. The van der Waals surface area contributed by atoms with Crippen LogP contribution in [0.1, 0.15) is 35.3 Å². The molecule has 5 rings (SSSR count). The van der Waals surface area contributed by atoms with Crippen molar-refractivity contribution in [1.29, 1.82) is 0 Å². The van der Waals surface area contributed by atoms with Crippen molar-refractivity contribution in [3.63, 3.8) is 0 Å². The molecule has 8 heteroatoms. The van der Waals surface area contributed by atoms with Crippen LogP contribution in [0.3, 0.4) is 0 Å². The Kier molecular flexibility index (Phi) is 9.94. The van der Waals surface area contributed by atoms with Gasteiger partial charge in [0.1, 0.15) is 0 Å². The van der Waals surface area contributed by atoms with Crippen molar-refractivity contribution < 1.29 is 4.79 Å². The van der Waals surface area contributed by atoms with Crippen molar-refractivity contribution in [3.05, 3.63) is 95.9 Å². The highest BCUT2D eigenvalue weighted by Gasteiger charge is 2.17. The SMILES string of the molecule is CC.Cc1ccc(N(C)C(=O)c2ccc(CN3CCN(C)CC3)cc2)cc1Nc1nccc(-c2cccnc2)n1. The minimum Gasteiger partial charge on any atom is -0.324 e. The minimum absolute atomic E-state index is 0.0548. The van der Waals surface area contributed by atoms with Crippen LogP contribution < -0.4 is 10.2 Å². The molecule has 1 fully saturated rings. The third-order valence-corrected chi connectivity index (χ3v) is 6.98. The van der Waals surface area contributed by atoms with Gasteiger partial charge in [-0.3, -0.25) is 14.7 Å². The number of rotatable bonds is 7. The number of carbonyl (C=O) groups excluding carboxylic acids is 1. The van der Waals surface area contributed by atoms with Crippen LogP contribution in [0.2, 0.25) is 0 Å². The summed E-state index contributed by atoms with van der Waals surface area (Å²) in [6, 6.07) is 19.6. The third kappa shape index (κ3) is 7.28. The minimum atomic E-state index is -0.0548. The van der Waals surface area contributed by atoms with E-state index in [2.05, 4.69) is 49.2 Å². The van der Waals surface area contributed by atoms with E-state index in [-0.39, 0.29) is 5.91 Å². The highest BCUT2D eigenvalue weighted by atomic mass is 16.2. The van der Waals surface area contributed by atoms with Crippen LogP contribution in [-0.2, 0) is 6.54 Å². The van der Waals surface area contributed by atoms with Crippen molar-refractivity contribution in [2.45, 2.75) is 27.3 Å². The fraction of sp³-hybridized carbons (Fsp3) is 0.312. The van der Waals surface area contributed by atoms with Crippen molar-refractivity contribution >= 4 is 23.2 Å². The van der Waals surface area contributed by atoms with Gasteiger partial charge in [0.05, 0.1) is 5.69 Å². The summed E-state index contributed by atoms with van der Waals surface area (Å²) in [5.74, 6) is 0.428. The van der Waals surface area contributed by atoms with Gasteiger partial charge in [-0.15, -0.1) is 0 Å². The number of piperazine rings is 1. The molecule has 1 aliphatic rings. The molecule has 0 radical (unpaired) electrons. The average molecular weight is 538 g/mol. The largest absolute Gasteiger partial charge is 0.324 e. The van der Waals surface area contributed by atoms with Crippen LogP contribution in [-0.4, -0.2) is 70.9 Å². The summed E-state index contributed by atoms with van der Waals surface area (Å²) in [5, 5.41) is 3.32. The summed E-state index contributed by atoms with van der Waals surface area (Å²) in [6.45, 7) is 11.3. The first-order chi connectivity index (χ1) is 19.5. The van der Waals surface area contributed by atoms with Crippen LogP contribution in [0.15, 0.2) is 79.3 Å². The number of aromatic nitrogens is 3. The number of aryl methyl sites for hydroxylation is 1. The van der Waals surface area contributed by atoms with Crippen molar-refractivity contribution in [2.75, 3.05) is 50.5 Å². The second-order valence-electron chi connectivity index (χ2n) is 9.77. The number of nitrogens with one attached hydrogen (secondary N) is 1. The number of likely N-dealkylation sites (N-methyl/N-ethyl adjacent to an activating group) is 1. The number of hydrogen-bond acceptors (Lipinski definition) is 7. The zero-order valence-electron chi connectivity index (χ0n) is 24.1. The lowest BCUT2D eigenvalue weighted by Crippen LogP contribution is -2.43. The Balaban J connectivity index is 0.00000181. The molecule has 208 valence electrons. The number of benzene rings is 2. The monoisotopic (exact) mass is 537 g/mol. The Labute approximate surface area is 237 Å². The highest BCUT2D eigenvalue weighted by molar-refractivity contribution is 6.06. The number of nitrogens with zero attached hydrogens (tertiary/aromatic N) is 6. The average Bonchev–Trinajstić information content (AvgIpc) is 3.01. The van der Waals surface area contributed by atoms with Gasteiger partial charge in [-0.2, -0.15) is 0 Å². The third-order valence-electron chi connectivity index (χ3n) is 6.98. The van der Waals surface area contributed by atoms with E-state index in [1.807, 2.05) is 69.3 Å². The molecule has 1 saturated heterocycles. The van der Waals surface area contributed by atoms with Crippen LogP contribution in [0.25, 0.3) is 11.3 Å². The van der Waals surface area contributed by atoms with Crippen molar-refractivity contribution in [3.8, 4) is 11.3 Å². The van der Waals surface area contributed by atoms with Crippen LogP contribution in [0, 0.1) is 6.92 Å². The van der Waals surface area contributed by atoms with Crippen LogP contribution >= 0.6 is 0 Å². The van der Waals surface area contributed by atoms with Gasteiger partial charge in [0.15, 0.2) is 0 Å². The molecule has 0 saturated carbocycles. The maximum absolute atomic E-state index is 13.3. The Morgan fingerprint density at radius 2 is 1.73 bits per heavy atom. The molecular weight excluding hydrogens is 498 g/mol. The molecule has 2 aromatic carbocycles. The Morgan fingerprint density at radius 1 is 0.975 bits per heavy atom. The molecule has 40 heavy (non-hydrogen) atoms. The van der Waals surface area contributed by atoms with Gasteiger partial charge in [-0.25, -0.2) is 9.97 Å². The van der Waals surface area contributed by atoms with E-state index in [9.17, 15) is 4.79 Å². The summed E-state index contributed by atoms with van der Waals surface area (Å²) < 4.78 is 0. The van der Waals surface area contributed by atoms with Crippen LogP contribution in [0.4, 0.5) is 17.3 Å². The molecule has 0 spiro atoms. The normalized spacial score (nSPS) is 13.7. The molecule has 0 bridgehead atoms. The molecular formula is C32H39N7O. The van der Waals surface area contributed by atoms with Crippen molar-refractivity contribution in [2.24, 2.45) is 0 Å². The van der Waals surface area contributed by atoms with E-state index < -0.39 is 0 Å². The van der Waals surface area contributed by atoms with E-state index in [4.69, 9.17) is 0 Å². The smallest absolute Gasteiger partial charge is 0.258 e. The van der Waals surface area contributed by atoms with Crippen LogP contribution in [0.5, 0.6) is 0 Å². The van der Waals surface area contributed by atoms with Gasteiger partial charge in [0, 0.05) is 80.9 Å². The van der Waals surface area contributed by atoms with E-state index in [1.165, 1.54) is 5.56 Å². The summed E-state index contributed by atoms with van der Waals surface area (Å²) in [6.07, 6.45) is 5.23. The molecule has 1 amide bonds. The molecule has 0 unspecified atom stereocenters. The quantitative estimate of drug-likeness (QED) is 0.327. The molecule has 4 aromatic rings. The Morgan fingerprint density at radius 3 is 2.42 bits per heavy atom. The van der Waals surface area contributed by atoms with E-state index in [0.29, 0.717) is 11.5 Å². The highest BCUT2D eigenvalue weighted by Crippen LogP contribution is 2.26. The molecule has 1 aliphatic heterocycles. The second kappa shape index (κ2) is 13.8. The molecule has 2 aromatic heterocycles. The maximum atomic E-state index is 13.3. The Hall–Kier alpha value is -4.14. The van der Waals surface area contributed by atoms with Gasteiger partial charge >= 0.3 is 0 Å². The maximum Gasteiger partial charge on any atom is 0.258 e. The fourth-order valence-electron chi connectivity index (χ4n) is 4.50. The number of anilines is 3. The second-order valence-corrected chi connectivity index (χ2v) is 9.77. The van der Waals surface area contributed by atoms with Gasteiger partial charge in [0.2, 0.25) is 5.95 Å². The number of amides is 1. The summed E-state index contributed by atoms with van der Waals surface area (Å²) in [4.78, 5) is 33.0. The topological polar surface area (TPSA) is 77.5 Å². The number of carbonyl (C=O) groups is 1. The first kappa shape index (κ1) is 28.9. The molecule has 8 nitrogen and oxygen atoms in total. The first-order valence-electron chi connectivity index (χ1n) is 13.9. The fourth-order valence-corrected chi connectivity index (χ4v) is 4.50. The number of hydrogen-bond donors (Lipinski definition) is 1. The van der Waals surface area contributed by atoms with Gasteiger partial charge in [0.25, 0.3) is 5.91 Å². The first-order valence-corrected chi connectivity index (χ1v) is 13.9. The van der Waals surface area contributed by atoms with Gasteiger partial charge in [-0.1, -0.05) is 32.0 Å². The lowest BCUT2D eigenvalue weighted by Gasteiger charge is -2.32. The molecule has 3 heterocycles. The van der Waals surface area contributed by atoms with Crippen molar-refractivity contribution in [1.82, 2.24) is 24.8 Å².